The molecule has 0 saturated carbocycles. The molecule has 1 aromatic carbocycles. The van der Waals surface area contributed by atoms with Crippen LogP contribution in [0.25, 0.3) is 0 Å². The third-order valence-corrected chi connectivity index (χ3v) is 5.28. The summed E-state index contributed by atoms with van der Waals surface area (Å²) in [4.78, 5) is 31.2. The molecule has 2 amide bonds. The molecule has 0 radical (unpaired) electrons. The number of hydrogen-bond donors (Lipinski definition) is 0. The molecule has 2 fully saturated rings. The molecular formula is C20H29N3O3. The van der Waals surface area contributed by atoms with Crippen LogP contribution in [0.5, 0.6) is 5.75 Å². The van der Waals surface area contributed by atoms with Crippen molar-refractivity contribution in [2.24, 2.45) is 0 Å². The highest BCUT2D eigenvalue weighted by molar-refractivity contribution is 6.22. The molecule has 0 N–H and O–H groups in total. The number of likely N-dealkylation sites (N-methyl/N-ethyl adjacent to an activating group) is 1. The van der Waals surface area contributed by atoms with Crippen LogP contribution in [0.2, 0.25) is 0 Å². The maximum atomic E-state index is 12.9. The fourth-order valence-corrected chi connectivity index (χ4v) is 3.59. The number of carbonyl (C=O) groups excluding carboxylic acids is 2. The summed E-state index contributed by atoms with van der Waals surface area (Å²) in [6.45, 7) is 9.59. The Morgan fingerprint density at radius 2 is 1.73 bits per heavy atom. The highest BCUT2D eigenvalue weighted by atomic mass is 16.5. The summed E-state index contributed by atoms with van der Waals surface area (Å²) in [5, 5.41) is 0. The van der Waals surface area contributed by atoms with Crippen molar-refractivity contribution in [3.63, 3.8) is 0 Å². The van der Waals surface area contributed by atoms with Crippen LogP contribution in [0.1, 0.15) is 33.1 Å². The van der Waals surface area contributed by atoms with Gasteiger partial charge in [-0.3, -0.25) is 14.5 Å². The third-order valence-electron chi connectivity index (χ3n) is 5.28. The zero-order valence-electron chi connectivity index (χ0n) is 15.8. The molecule has 6 heteroatoms. The van der Waals surface area contributed by atoms with Crippen molar-refractivity contribution in [1.82, 2.24) is 9.80 Å². The van der Waals surface area contributed by atoms with Gasteiger partial charge in [-0.1, -0.05) is 20.3 Å². The minimum atomic E-state index is -0.318. The first kappa shape index (κ1) is 18.9. The van der Waals surface area contributed by atoms with Crippen molar-refractivity contribution >= 4 is 17.5 Å². The van der Waals surface area contributed by atoms with Gasteiger partial charge < -0.3 is 9.64 Å². The standard InChI is InChI=1S/C20H29N3O3/c1-3-5-14-26-17-8-6-16(7-9-17)23-19(24)15-18(20(23)25)22-12-10-21(4-2)11-13-22/h6-9,18H,3-5,10-15H2,1-2H3/t18-/m0/s1. The van der Waals surface area contributed by atoms with E-state index in [1.54, 1.807) is 12.1 Å². The van der Waals surface area contributed by atoms with Crippen LogP contribution in [0, 0.1) is 0 Å². The SMILES string of the molecule is CCCCOc1ccc(N2C(=O)C[C@H](N3CCN(CC)CC3)C2=O)cc1. The molecule has 6 nitrogen and oxygen atoms in total. The number of rotatable bonds is 7. The summed E-state index contributed by atoms with van der Waals surface area (Å²) in [6.07, 6.45) is 2.38. The number of unbranched alkanes of at least 4 members (excludes halogenated alkanes) is 1. The molecule has 0 aromatic heterocycles. The Kier molecular flexibility index (Phi) is 6.27. The number of piperazine rings is 1. The van der Waals surface area contributed by atoms with Gasteiger partial charge in [0.05, 0.1) is 24.8 Å². The second kappa shape index (κ2) is 8.64. The van der Waals surface area contributed by atoms with Gasteiger partial charge in [0.2, 0.25) is 5.91 Å². The van der Waals surface area contributed by atoms with Gasteiger partial charge in [-0.15, -0.1) is 0 Å². The Balaban J connectivity index is 1.63. The molecule has 1 aromatic rings. The van der Waals surface area contributed by atoms with Crippen molar-refractivity contribution < 1.29 is 14.3 Å². The largest absolute Gasteiger partial charge is 0.494 e. The third kappa shape index (κ3) is 4.07. The summed E-state index contributed by atoms with van der Waals surface area (Å²) in [5.41, 5.74) is 0.637. The molecule has 2 aliphatic heterocycles. The number of ether oxygens (including phenoxy) is 1. The zero-order chi connectivity index (χ0) is 18.5. The maximum Gasteiger partial charge on any atom is 0.251 e. The van der Waals surface area contributed by atoms with E-state index in [1.165, 1.54) is 4.90 Å². The van der Waals surface area contributed by atoms with E-state index >= 15 is 0 Å². The molecule has 2 aliphatic rings. The zero-order valence-corrected chi connectivity index (χ0v) is 15.8. The first-order valence-electron chi connectivity index (χ1n) is 9.70. The van der Waals surface area contributed by atoms with Crippen molar-refractivity contribution in [2.45, 2.75) is 39.2 Å². The Morgan fingerprint density at radius 1 is 1.04 bits per heavy atom. The van der Waals surface area contributed by atoms with Crippen molar-refractivity contribution in [3.8, 4) is 5.75 Å². The minimum Gasteiger partial charge on any atom is -0.494 e. The molecule has 0 unspecified atom stereocenters. The Hall–Kier alpha value is -1.92. The Labute approximate surface area is 155 Å². The van der Waals surface area contributed by atoms with Gasteiger partial charge in [0.25, 0.3) is 5.91 Å². The van der Waals surface area contributed by atoms with Crippen LogP contribution in [0.15, 0.2) is 24.3 Å². The smallest absolute Gasteiger partial charge is 0.251 e. The molecule has 3 rings (SSSR count). The predicted molar refractivity (Wildman–Crippen MR) is 101 cm³/mol. The highest BCUT2D eigenvalue weighted by Crippen LogP contribution is 2.28. The second-order valence-corrected chi connectivity index (χ2v) is 6.95. The highest BCUT2D eigenvalue weighted by Gasteiger charge is 2.43. The van der Waals surface area contributed by atoms with Crippen LogP contribution in [-0.2, 0) is 9.59 Å². The quantitative estimate of drug-likeness (QED) is 0.551. The van der Waals surface area contributed by atoms with Crippen LogP contribution in [0.3, 0.4) is 0 Å². The first-order valence-corrected chi connectivity index (χ1v) is 9.70. The molecule has 142 valence electrons. The van der Waals surface area contributed by atoms with Crippen molar-refractivity contribution in [3.05, 3.63) is 24.3 Å². The minimum absolute atomic E-state index is 0.0976. The number of imide groups is 1. The topological polar surface area (TPSA) is 53.1 Å². The van der Waals surface area contributed by atoms with E-state index in [0.29, 0.717) is 12.3 Å². The van der Waals surface area contributed by atoms with Gasteiger partial charge >= 0.3 is 0 Å². The predicted octanol–water partition coefficient (Wildman–Crippen LogP) is 2.13. The average molecular weight is 359 g/mol. The lowest BCUT2D eigenvalue weighted by molar-refractivity contribution is -0.123. The monoisotopic (exact) mass is 359 g/mol. The number of benzene rings is 1. The normalized spacial score (nSPS) is 22.2. The van der Waals surface area contributed by atoms with Gasteiger partial charge in [0, 0.05) is 26.2 Å². The molecule has 26 heavy (non-hydrogen) atoms. The summed E-state index contributed by atoms with van der Waals surface area (Å²) in [7, 11) is 0. The van der Waals surface area contributed by atoms with E-state index < -0.39 is 0 Å². The van der Waals surface area contributed by atoms with Gasteiger partial charge in [0.1, 0.15) is 5.75 Å². The maximum absolute atomic E-state index is 12.9. The van der Waals surface area contributed by atoms with E-state index in [-0.39, 0.29) is 24.3 Å². The molecule has 1 atom stereocenters. The summed E-state index contributed by atoms with van der Waals surface area (Å²) >= 11 is 0. The number of anilines is 1. The van der Waals surface area contributed by atoms with E-state index in [4.69, 9.17) is 4.74 Å². The van der Waals surface area contributed by atoms with Gasteiger partial charge in [-0.05, 0) is 37.2 Å². The van der Waals surface area contributed by atoms with Gasteiger partial charge in [0.15, 0.2) is 0 Å². The molecule has 0 spiro atoms. The average Bonchev–Trinajstić information content (AvgIpc) is 2.97. The summed E-state index contributed by atoms with van der Waals surface area (Å²) in [6, 6.07) is 6.95. The van der Waals surface area contributed by atoms with Crippen LogP contribution in [0.4, 0.5) is 5.69 Å². The number of carbonyl (C=O) groups is 2. The molecular weight excluding hydrogens is 330 g/mol. The lowest BCUT2D eigenvalue weighted by Gasteiger charge is -2.36. The molecule has 0 bridgehead atoms. The van der Waals surface area contributed by atoms with Crippen LogP contribution in [-0.4, -0.2) is 67.0 Å². The van der Waals surface area contributed by atoms with E-state index in [0.717, 1.165) is 51.3 Å². The van der Waals surface area contributed by atoms with Crippen molar-refractivity contribution in [1.29, 1.82) is 0 Å². The molecule has 0 aliphatic carbocycles. The van der Waals surface area contributed by atoms with Gasteiger partial charge in [-0.25, -0.2) is 4.90 Å². The van der Waals surface area contributed by atoms with Crippen LogP contribution >= 0.6 is 0 Å². The fourth-order valence-electron chi connectivity index (χ4n) is 3.59. The molecule has 2 heterocycles. The molecule has 2 saturated heterocycles. The lowest BCUT2D eigenvalue weighted by atomic mass is 10.1. The first-order chi connectivity index (χ1) is 12.6. The van der Waals surface area contributed by atoms with Crippen LogP contribution < -0.4 is 9.64 Å². The van der Waals surface area contributed by atoms with Crippen molar-refractivity contribution in [2.75, 3.05) is 44.2 Å². The van der Waals surface area contributed by atoms with Gasteiger partial charge in [-0.2, -0.15) is 0 Å². The number of nitrogens with zero attached hydrogens (tertiary/aromatic N) is 3. The second-order valence-electron chi connectivity index (χ2n) is 6.95. The number of amides is 2. The lowest BCUT2D eigenvalue weighted by Crippen LogP contribution is -2.52. The fraction of sp³-hybridized carbons (Fsp3) is 0.600. The van der Waals surface area contributed by atoms with E-state index in [2.05, 4.69) is 23.6 Å². The summed E-state index contributed by atoms with van der Waals surface area (Å²) < 4.78 is 5.65. The van der Waals surface area contributed by atoms with E-state index in [1.807, 2.05) is 12.1 Å². The summed E-state index contributed by atoms with van der Waals surface area (Å²) in [5.74, 6) is 0.561. The van der Waals surface area contributed by atoms with E-state index in [9.17, 15) is 9.59 Å². The Bertz CT molecular complexity index is 624. The number of hydrogen-bond acceptors (Lipinski definition) is 5. The Morgan fingerprint density at radius 3 is 2.35 bits per heavy atom.